The monoisotopic (exact) mass is 483 g/mol. The molecule has 0 saturated carbocycles. The Morgan fingerprint density at radius 2 is 1.44 bits per heavy atom. The molecule has 0 radical (unpaired) electrons. The van der Waals surface area contributed by atoms with E-state index < -0.39 is 64.9 Å². The number of ether oxygens (including phenoxy) is 3. The molecule has 34 heavy (non-hydrogen) atoms. The molecule has 0 aliphatic carbocycles. The lowest BCUT2D eigenvalue weighted by Crippen LogP contribution is -2.66. The van der Waals surface area contributed by atoms with Gasteiger partial charge >= 0.3 is 11.9 Å². The zero-order chi connectivity index (χ0) is 26.6. The molecule has 0 spiro atoms. The van der Waals surface area contributed by atoms with Crippen molar-refractivity contribution in [3.8, 4) is 0 Å². The number of carbonyl (C=O) groups excluding carboxylic acids is 5. The van der Waals surface area contributed by atoms with E-state index in [0.29, 0.717) is 0 Å². The molecule has 1 aliphatic heterocycles. The van der Waals surface area contributed by atoms with Gasteiger partial charge in [0.2, 0.25) is 11.8 Å². The van der Waals surface area contributed by atoms with Crippen molar-refractivity contribution in [2.24, 2.45) is 16.7 Å². The first-order chi connectivity index (χ1) is 15.4. The molecular weight excluding hydrogens is 442 g/mol. The van der Waals surface area contributed by atoms with E-state index >= 15 is 0 Å². The van der Waals surface area contributed by atoms with Crippen LogP contribution in [0.15, 0.2) is 0 Å². The van der Waals surface area contributed by atoms with Crippen LogP contribution in [0.2, 0.25) is 0 Å². The highest BCUT2D eigenvalue weighted by Gasteiger charge is 2.53. The van der Waals surface area contributed by atoms with Gasteiger partial charge in [-0.25, -0.2) is 0 Å². The Kier molecular flexibility index (Phi) is 9.99. The molecule has 1 heterocycles. The standard InChI is InChI=1S/C25H41NO8/c1-14-21(26(15(2)27)20(31)12-11-19(30)24(5,6)7)23(25(8,9)10)34-18(13-32-16(3)28)22(14)33-17(4)29/h14,18,21-23H,11-13H2,1-10H3. The highest BCUT2D eigenvalue weighted by Crippen LogP contribution is 2.40. The first-order valence-corrected chi connectivity index (χ1v) is 11.7. The van der Waals surface area contributed by atoms with Gasteiger partial charge in [0.05, 0.1) is 12.1 Å². The van der Waals surface area contributed by atoms with E-state index in [-0.39, 0.29) is 25.2 Å². The molecule has 2 amide bonds. The predicted molar refractivity (Wildman–Crippen MR) is 124 cm³/mol. The summed E-state index contributed by atoms with van der Waals surface area (Å²) in [7, 11) is 0. The fraction of sp³-hybridized carbons (Fsp3) is 0.800. The summed E-state index contributed by atoms with van der Waals surface area (Å²) in [6, 6.07) is -0.757. The van der Waals surface area contributed by atoms with Crippen LogP contribution >= 0.6 is 0 Å². The summed E-state index contributed by atoms with van der Waals surface area (Å²) in [6.45, 7) is 16.6. The van der Waals surface area contributed by atoms with Crippen molar-refractivity contribution in [3.63, 3.8) is 0 Å². The van der Waals surface area contributed by atoms with Crippen LogP contribution in [0.3, 0.4) is 0 Å². The molecule has 5 unspecified atom stereocenters. The summed E-state index contributed by atoms with van der Waals surface area (Å²) < 4.78 is 17.0. The van der Waals surface area contributed by atoms with Crippen LogP contribution in [-0.4, -0.2) is 65.4 Å². The minimum atomic E-state index is -0.855. The highest BCUT2D eigenvalue weighted by molar-refractivity contribution is 5.96. The third-order valence-corrected chi connectivity index (χ3v) is 5.97. The molecule has 0 bridgehead atoms. The Balaban J connectivity index is 3.39. The lowest BCUT2D eigenvalue weighted by atomic mass is 9.74. The second kappa shape index (κ2) is 11.4. The Hall–Kier alpha value is -2.29. The Bertz CT molecular complexity index is 792. The fourth-order valence-corrected chi connectivity index (χ4v) is 4.22. The predicted octanol–water partition coefficient (Wildman–Crippen LogP) is 3.07. The van der Waals surface area contributed by atoms with Crippen LogP contribution in [0.1, 0.15) is 82.1 Å². The number of esters is 2. The number of amides is 2. The molecule has 0 aromatic carbocycles. The molecule has 1 rings (SSSR count). The number of hydrogen-bond acceptors (Lipinski definition) is 8. The van der Waals surface area contributed by atoms with Crippen LogP contribution in [0.25, 0.3) is 0 Å². The Morgan fingerprint density at radius 1 is 0.882 bits per heavy atom. The first-order valence-electron chi connectivity index (χ1n) is 11.7. The Labute approximate surface area is 202 Å². The van der Waals surface area contributed by atoms with Crippen molar-refractivity contribution in [2.45, 2.75) is 106 Å². The fourth-order valence-electron chi connectivity index (χ4n) is 4.22. The topological polar surface area (TPSA) is 116 Å². The number of nitrogens with zero attached hydrogens (tertiary/aromatic N) is 1. The van der Waals surface area contributed by atoms with Crippen molar-refractivity contribution in [2.75, 3.05) is 6.61 Å². The average Bonchev–Trinajstić information content (AvgIpc) is 2.65. The second-order valence-corrected chi connectivity index (χ2v) is 11.1. The number of carbonyl (C=O) groups is 5. The van der Waals surface area contributed by atoms with E-state index in [1.54, 1.807) is 27.7 Å². The number of rotatable bonds is 7. The van der Waals surface area contributed by atoms with Crippen LogP contribution < -0.4 is 0 Å². The molecule has 0 aromatic heterocycles. The molecule has 1 saturated heterocycles. The molecule has 9 nitrogen and oxygen atoms in total. The normalized spacial score (nSPS) is 25.3. The van der Waals surface area contributed by atoms with E-state index in [2.05, 4.69) is 0 Å². The van der Waals surface area contributed by atoms with Gasteiger partial charge in [-0.1, -0.05) is 48.5 Å². The largest absolute Gasteiger partial charge is 0.463 e. The Morgan fingerprint density at radius 3 is 1.85 bits per heavy atom. The van der Waals surface area contributed by atoms with Crippen molar-refractivity contribution in [3.05, 3.63) is 0 Å². The average molecular weight is 484 g/mol. The molecule has 0 aromatic rings. The minimum absolute atomic E-state index is 0.0106. The summed E-state index contributed by atoms with van der Waals surface area (Å²) >= 11 is 0. The van der Waals surface area contributed by atoms with Crippen LogP contribution in [-0.2, 0) is 38.2 Å². The zero-order valence-corrected chi connectivity index (χ0v) is 22.2. The maximum atomic E-state index is 13.3. The van der Waals surface area contributed by atoms with Crippen LogP contribution in [0.5, 0.6) is 0 Å². The third-order valence-electron chi connectivity index (χ3n) is 5.97. The molecule has 1 fully saturated rings. The van der Waals surface area contributed by atoms with Crippen molar-refractivity contribution < 1.29 is 38.2 Å². The summed E-state index contributed by atoms with van der Waals surface area (Å²) in [4.78, 5) is 62.9. The van der Waals surface area contributed by atoms with Gasteiger partial charge in [-0.05, 0) is 5.41 Å². The minimum Gasteiger partial charge on any atom is -0.463 e. The van der Waals surface area contributed by atoms with Gasteiger partial charge in [0, 0.05) is 44.9 Å². The zero-order valence-electron chi connectivity index (χ0n) is 22.2. The maximum Gasteiger partial charge on any atom is 0.303 e. The lowest BCUT2D eigenvalue weighted by Gasteiger charge is -2.52. The van der Waals surface area contributed by atoms with Crippen LogP contribution in [0, 0.1) is 16.7 Å². The summed E-state index contributed by atoms with van der Waals surface area (Å²) in [5.41, 5.74) is -1.12. The van der Waals surface area contributed by atoms with Gasteiger partial charge in [0.25, 0.3) is 0 Å². The van der Waals surface area contributed by atoms with E-state index in [4.69, 9.17) is 14.2 Å². The smallest absolute Gasteiger partial charge is 0.303 e. The molecule has 5 atom stereocenters. The number of hydrogen-bond donors (Lipinski definition) is 0. The van der Waals surface area contributed by atoms with E-state index in [0.717, 1.165) is 4.90 Å². The van der Waals surface area contributed by atoms with Gasteiger partial charge < -0.3 is 14.2 Å². The second-order valence-electron chi connectivity index (χ2n) is 11.1. The van der Waals surface area contributed by atoms with Gasteiger partial charge in [0.1, 0.15) is 24.6 Å². The maximum absolute atomic E-state index is 13.3. The highest BCUT2D eigenvalue weighted by atomic mass is 16.6. The van der Waals surface area contributed by atoms with E-state index in [9.17, 15) is 24.0 Å². The van der Waals surface area contributed by atoms with Crippen molar-refractivity contribution >= 4 is 29.5 Å². The van der Waals surface area contributed by atoms with E-state index in [1.807, 2.05) is 20.8 Å². The molecule has 194 valence electrons. The van der Waals surface area contributed by atoms with Crippen molar-refractivity contribution in [1.29, 1.82) is 0 Å². The van der Waals surface area contributed by atoms with Gasteiger partial charge in [0.15, 0.2) is 0 Å². The third kappa shape index (κ3) is 7.89. The molecule has 1 aliphatic rings. The number of ketones is 1. The summed E-state index contributed by atoms with van der Waals surface area (Å²) in [6.07, 6.45) is -2.37. The molecule has 0 N–H and O–H groups in total. The summed E-state index contributed by atoms with van der Waals surface area (Å²) in [5.74, 6) is -2.63. The van der Waals surface area contributed by atoms with Gasteiger partial charge in [-0.3, -0.25) is 28.9 Å². The SMILES string of the molecule is CC(=O)OCC1OC(C(C)(C)C)C(N(C(C)=O)C(=O)CCC(=O)C(C)(C)C)C(C)C1OC(C)=O. The van der Waals surface area contributed by atoms with E-state index in [1.165, 1.54) is 20.8 Å². The van der Waals surface area contributed by atoms with Crippen LogP contribution in [0.4, 0.5) is 0 Å². The molecule has 9 heteroatoms. The van der Waals surface area contributed by atoms with Gasteiger partial charge in [-0.15, -0.1) is 0 Å². The number of imide groups is 1. The quantitative estimate of drug-likeness (QED) is 0.507. The molecular formula is C25H41NO8. The lowest BCUT2D eigenvalue weighted by molar-refractivity contribution is -0.227. The summed E-state index contributed by atoms with van der Waals surface area (Å²) in [5, 5.41) is 0. The first kappa shape index (κ1) is 29.7. The van der Waals surface area contributed by atoms with Gasteiger partial charge in [-0.2, -0.15) is 0 Å². The number of Topliss-reactive ketones (excluding diaryl/α,β-unsaturated/α-hetero) is 1. The van der Waals surface area contributed by atoms with Crippen molar-refractivity contribution in [1.82, 2.24) is 4.90 Å².